The molecular weight excluding hydrogens is 439 g/mol. The fourth-order valence-electron chi connectivity index (χ4n) is 3.99. The number of fused-ring (bicyclic) bond motifs is 1. The summed E-state index contributed by atoms with van der Waals surface area (Å²) in [6.45, 7) is 1.86. The highest BCUT2D eigenvalue weighted by Gasteiger charge is 2.26. The van der Waals surface area contributed by atoms with Crippen LogP contribution in [0.15, 0.2) is 58.7 Å². The zero-order valence-electron chi connectivity index (χ0n) is 19.1. The number of aliphatic hydroxyl groups is 1. The predicted molar refractivity (Wildman–Crippen MR) is 126 cm³/mol. The molecule has 1 aliphatic carbocycles. The molecule has 0 bridgehead atoms. The number of rotatable bonds is 7. The zero-order valence-corrected chi connectivity index (χ0v) is 19.1. The van der Waals surface area contributed by atoms with Crippen LogP contribution in [0.5, 0.6) is 11.5 Å². The van der Waals surface area contributed by atoms with E-state index >= 15 is 0 Å². The number of methoxy groups -OCH3 is 2. The van der Waals surface area contributed by atoms with Crippen LogP contribution in [0.3, 0.4) is 0 Å². The Bertz CT molecular complexity index is 1250. The molecule has 1 aliphatic rings. The number of benzene rings is 2. The van der Waals surface area contributed by atoms with Crippen molar-refractivity contribution < 1.29 is 28.2 Å². The maximum atomic E-state index is 14.1. The molecule has 7 nitrogen and oxygen atoms in total. The van der Waals surface area contributed by atoms with Gasteiger partial charge in [0.15, 0.2) is 0 Å². The van der Waals surface area contributed by atoms with Gasteiger partial charge in [-0.05, 0) is 71.7 Å². The van der Waals surface area contributed by atoms with Crippen molar-refractivity contribution in [2.75, 3.05) is 14.2 Å². The molecule has 0 saturated carbocycles. The first-order valence-corrected chi connectivity index (χ1v) is 10.6. The molecule has 34 heavy (non-hydrogen) atoms. The molecular formula is C26H25FN2O5. The number of carbonyl (C=O) groups excluding carboxylic acids is 1. The number of carbonyl (C=O) groups is 1. The highest BCUT2D eigenvalue weighted by molar-refractivity contribution is 6.07. The third kappa shape index (κ3) is 4.53. The van der Waals surface area contributed by atoms with Gasteiger partial charge in [0.2, 0.25) is 0 Å². The summed E-state index contributed by atoms with van der Waals surface area (Å²) in [5.41, 5.74) is 4.79. The average Bonchev–Trinajstić information content (AvgIpc) is 3.45. The molecule has 2 aromatic carbocycles. The molecule has 1 heterocycles. The summed E-state index contributed by atoms with van der Waals surface area (Å²) < 4.78 is 30.2. The minimum absolute atomic E-state index is 0.223. The molecule has 0 saturated heterocycles. The van der Waals surface area contributed by atoms with E-state index in [0.717, 1.165) is 22.3 Å². The van der Waals surface area contributed by atoms with Gasteiger partial charge in [0.05, 0.1) is 44.9 Å². The van der Waals surface area contributed by atoms with Crippen molar-refractivity contribution in [1.29, 1.82) is 0 Å². The van der Waals surface area contributed by atoms with Crippen molar-refractivity contribution in [2.24, 2.45) is 0 Å². The number of ether oxygens (including phenoxy) is 2. The van der Waals surface area contributed by atoms with Crippen LogP contribution in [-0.4, -0.2) is 25.4 Å². The third-order valence-electron chi connectivity index (χ3n) is 5.66. The lowest BCUT2D eigenvalue weighted by atomic mass is 9.99. The summed E-state index contributed by atoms with van der Waals surface area (Å²) in [4.78, 5) is 12.6. The summed E-state index contributed by atoms with van der Waals surface area (Å²) in [5, 5.41) is 15.3. The molecule has 0 atom stereocenters. The van der Waals surface area contributed by atoms with Crippen LogP contribution in [0.4, 0.5) is 9.18 Å². The van der Waals surface area contributed by atoms with E-state index in [0.29, 0.717) is 34.1 Å². The van der Waals surface area contributed by atoms with E-state index < -0.39 is 11.8 Å². The number of furan rings is 1. The Morgan fingerprint density at radius 2 is 1.85 bits per heavy atom. The van der Waals surface area contributed by atoms with Crippen LogP contribution in [0, 0.1) is 5.82 Å². The molecule has 2 amide bonds. The van der Waals surface area contributed by atoms with Crippen LogP contribution in [0.25, 0.3) is 17.3 Å². The van der Waals surface area contributed by atoms with Crippen molar-refractivity contribution in [3.8, 4) is 11.5 Å². The Morgan fingerprint density at radius 1 is 1.12 bits per heavy atom. The lowest BCUT2D eigenvalue weighted by Crippen LogP contribution is -2.33. The average molecular weight is 464 g/mol. The maximum absolute atomic E-state index is 14.1. The number of halogens is 1. The monoisotopic (exact) mass is 464 g/mol. The largest absolute Gasteiger partial charge is 0.496 e. The maximum Gasteiger partial charge on any atom is 0.319 e. The van der Waals surface area contributed by atoms with Crippen LogP contribution >= 0.6 is 0 Å². The predicted octanol–water partition coefficient (Wildman–Crippen LogP) is 4.71. The number of nitrogens with one attached hydrogen (secondary N) is 2. The smallest absolute Gasteiger partial charge is 0.319 e. The van der Waals surface area contributed by atoms with Crippen LogP contribution in [-0.2, 0) is 13.2 Å². The minimum Gasteiger partial charge on any atom is -0.496 e. The van der Waals surface area contributed by atoms with E-state index in [-0.39, 0.29) is 13.2 Å². The Kier molecular flexibility index (Phi) is 6.70. The fraction of sp³-hybridized carbons (Fsp3) is 0.192. The number of amides is 2. The van der Waals surface area contributed by atoms with Gasteiger partial charge in [-0.3, -0.25) is 0 Å². The fourth-order valence-corrected chi connectivity index (χ4v) is 3.99. The van der Waals surface area contributed by atoms with Gasteiger partial charge in [0, 0.05) is 5.56 Å². The molecule has 1 aromatic heterocycles. The van der Waals surface area contributed by atoms with Crippen LogP contribution in [0.2, 0.25) is 0 Å². The first-order chi connectivity index (χ1) is 16.4. The molecule has 4 rings (SSSR count). The van der Waals surface area contributed by atoms with E-state index in [1.807, 2.05) is 13.0 Å². The highest BCUT2D eigenvalue weighted by Crippen LogP contribution is 2.42. The van der Waals surface area contributed by atoms with Gasteiger partial charge in [0.25, 0.3) is 0 Å². The Hall–Kier alpha value is -4.04. The second-order valence-electron chi connectivity index (χ2n) is 7.70. The van der Waals surface area contributed by atoms with Crippen molar-refractivity contribution in [2.45, 2.75) is 20.1 Å². The molecule has 3 N–H and O–H groups in total. The van der Waals surface area contributed by atoms with Gasteiger partial charge in [-0.2, -0.15) is 0 Å². The van der Waals surface area contributed by atoms with Gasteiger partial charge < -0.3 is 29.6 Å². The third-order valence-corrected chi connectivity index (χ3v) is 5.66. The quantitative estimate of drug-likeness (QED) is 0.471. The van der Waals surface area contributed by atoms with Crippen molar-refractivity contribution >= 4 is 23.4 Å². The Labute approximate surface area is 196 Å². The van der Waals surface area contributed by atoms with Gasteiger partial charge in [-0.25, -0.2) is 9.18 Å². The summed E-state index contributed by atoms with van der Waals surface area (Å²) in [6, 6.07) is 11.1. The first-order valence-electron chi connectivity index (χ1n) is 10.6. The summed E-state index contributed by atoms with van der Waals surface area (Å²) >= 11 is 0. The van der Waals surface area contributed by atoms with Gasteiger partial charge in [-0.1, -0.05) is 6.07 Å². The Morgan fingerprint density at radius 3 is 2.47 bits per heavy atom. The summed E-state index contributed by atoms with van der Waals surface area (Å²) in [7, 11) is 3.04. The summed E-state index contributed by atoms with van der Waals surface area (Å²) in [6.07, 6.45) is 3.44. The van der Waals surface area contributed by atoms with Gasteiger partial charge >= 0.3 is 6.03 Å². The van der Waals surface area contributed by atoms with Crippen molar-refractivity contribution in [3.63, 3.8) is 0 Å². The highest BCUT2D eigenvalue weighted by atomic mass is 19.1. The second-order valence-corrected chi connectivity index (χ2v) is 7.70. The van der Waals surface area contributed by atoms with E-state index in [9.17, 15) is 14.3 Å². The molecule has 0 aliphatic heterocycles. The molecule has 0 unspecified atom stereocenters. The molecule has 8 heteroatoms. The van der Waals surface area contributed by atoms with Crippen LogP contribution in [0.1, 0.15) is 34.9 Å². The molecule has 176 valence electrons. The molecule has 0 radical (unpaired) electrons. The first kappa shape index (κ1) is 23.1. The van der Waals surface area contributed by atoms with E-state index in [2.05, 4.69) is 10.6 Å². The van der Waals surface area contributed by atoms with E-state index in [1.54, 1.807) is 30.3 Å². The molecule has 3 aromatic rings. The lowest BCUT2D eigenvalue weighted by Gasteiger charge is -2.13. The van der Waals surface area contributed by atoms with Crippen molar-refractivity contribution in [3.05, 3.63) is 88.1 Å². The number of urea groups is 1. The van der Waals surface area contributed by atoms with Crippen molar-refractivity contribution in [1.82, 2.24) is 10.6 Å². The normalized spacial score (nSPS) is 13.7. The standard InChI is InChI=1S/C26H25FN2O5/c1-15-20(9-16-10-23(32-2)22(14-30)24(11-16)33-3)19-7-6-17(27)12-21(19)25(15)29-26(31)28-13-18-5-4-8-34-18/h4-12,30H,13-14H2,1-3H3,(H2,28,29,31). The van der Waals surface area contributed by atoms with Gasteiger partial charge in [-0.15, -0.1) is 0 Å². The lowest BCUT2D eigenvalue weighted by molar-refractivity contribution is 0.243. The number of aliphatic hydroxyl groups excluding tert-OH is 1. The number of allylic oxidation sites excluding steroid dienone is 2. The van der Waals surface area contributed by atoms with E-state index in [1.165, 1.54) is 32.6 Å². The topological polar surface area (TPSA) is 93.0 Å². The Balaban J connectivity index is 1.71. The number of hydrogen-bond acceptors (Lipinski definition) is 5. The summed E-state index contributed by atoms with van der Waals surface area (Å²) in [5.74, 6) is 1.19. The van der Waals surface area contributed by atoms with E-state index in [4.69, 9.17) is 13.9 Å². The zero-order chi connectivity index (χ0) is 24.2. The van der Waals surface area contributed by atoms with Gasteiger partial charge in [0.1, 0.15) is 23.1 Å². The van der Waals surface area contributed by atoms with Crippen LogP contribution < -0.4 is 20.1 Å². The SMILES string of the molecule is COc1cc(C=C2C(C)=C(NC(=O)NCc3ccco3)c3cc(F)ccc32)cc(OC)c1CO. The molecule has 0 fully saturated rings. The number of hydrogen-bond donors (Lipinski definition) is 3. The minimum atomic E-state index is -0.433. The molecule has 0 spiro atoms. The second kappa shape index (κ2) is 9.84.